The van der Waals surface area contributed by atoms with E-state index in [1.54, 1.807) is 0 Å². The zero-order valence-corrected chi connectivity index (χ0v) is 10.7. The van der Waals surface area contributed by atoms with Crippen molar-refractivity contribution in [2.75, 3.05) is 38.6 Å². The molecule has 2 saturated heterocycles. The average Bonchev–Trinajstić information content (AvgIpc) is 2.76. The van der Waals surface area contributed by atoms with Crippen molar-refractivity contribution in [1.82, 2.24) is 9.80 Å². The molecule has 2 nitrogen and oxygen atoms in total. The summed E-state index contributed by atoms with van der Waals surface area (Å²) in [5.41, 5.74) is 0. The molecular formula is C11H21BrN2. The Morgan fingerprint density at radius 3 is 2.79 bits per heavy atom. The first-order valence-electron chi connectivity index (χ1n) is 5.78. The first-order valence-corrected chi connectivity index (χ1v) is 6.90. The fourth-order valence-electron chi connectivity index (χ4n) is 2.82. The third-order valence-electron chi connectivity index (χ3n) is 3.66. The molecule has 0 aliphatic carbocycles. The van der Waals surface area contributed by atoms with Crippen molar-refractivity contribution in [3.8, 4) is 0 Å². The lowest BCUT2D eigenvalue weighted by Gasteiger charge is -2.25. The number of halogens is 1. The molecule has 1 unspecified atom stereocenters. The Labute approximate surface area is 95.8 Å². The first-order chi connectivity index (χ1) is 6.79. The second kappa shape index (κ2) is 4.95. The molecule has 2 aliphatic heterocycles. The van der Waals surface area contributed by atoms with Crippen LogP contribution in [0.1, 0.15) is 19.3 Å². The summed E-state index contributed by atoms with van der Waals surface area (Å²) in [5.74, 6) is 0.930. The van der Waals surface area contributed by atoms with Gasteiger partial charge in [0.15, 0.2) is 0 Å². The van der Waals surface area contributed by atoms with Crippen LogP contribution < -0.4 is 0 Å². The highest BCUT2D eigenvalue weighted by molar-refractivity contribution is 9.09. The van der Waals surface area contributed by atoms with E-state index in [-0.39, 0.29) is 0 Å². The quantitative estimate of drug-likeness (QED) is 0.715. The maximum absolute atomic E-state index is 3.63. The summed E-state index contributed by atoms with van der Waals surface area (Å²) in [6.07, 6.45) is 4.20. The first kappa shape index (κ1) is 10.9. The van der Waals surface area contributed by atoms with Crippen molar-refractivity contribution in [3.05, 3.63) is 0 Å². The minimum atomic E-state index is 0.820. The number of hydrogen-bond donors (Lipinski definition) is 0. The average molecular weight is 261 g/mol. The molecule has 2 atom stereocenters. The number of nitrogens with zero attached hydrogens (tertiary/aromatic N) is 2. The highest BCUT2D eigenvalue weighted by Gasteiger charge is 2.28. The molecule has 82 valence electrons. The summed E-state index contributed by atoms with van der Waals surface area (Å²) < 4.78 is 0. The van der Waals surface area contributed by atoms with Gasteiger partial charge in [-0.25, -0.2) is 0 Å². The molecule has 0 bridgehead atoms. The van der Waals surface area contributed by atoms with E-state index in [0.717, 1.165) is 17.3 Å². The van der Waals surface area contributed by atoms with E-state index in [1.807, 2.05) is 0 Å². The Kier molecular flexibility index (Phi) is 3.86. The van der Waals surface area contributed by atoms with Crippen LogP contribution in [0, 0.1) is 5.92 Å². The van der Waals surface area contributed by atoms with Crippen LogP contribution >= 0.6 is 15.9 Å². The SMILES string of the molecule is CN1CCC(CN2CCC[C@@H]2CBr)C1. The number of likely N-dealkylation sites (tertiary alicyclic amines) is 2. The lowest BCUT2D eigenvalue weighted by atomic mass is 10.1. The Balaban J connectivity index is 1.79. The third-order valence-corrected chi connectivity index (χ3v) is 4.41. The van der Waals surface area contributed by atoms with Crippen molar-refractivity contribution in [2.24, 2.45) is 5.92 Å². The zero-order chi connectivity index (χ0) is 9.97. The smallest absolute Gasteiger partial charge is 0.0193 e. The van der Waals surface area contributed by atoms with E-state index in [4.69, 9.17) is 0 Å². The highest BCUT2D eigenvalue weighted by Crippen LogP contribution is 2.23. The standard InChI is InChI=1S/C11H21BrN2/c1-13-6-4-10(8-13)9-14-5-2-3-11(14)7-12/h10-11H,2-9H2,1H3/t10?,11-/m1/s1. The van der Waals surface area contributed by atoms with Gasteiger partial charge in [-0.1, -0.05) is 15.9 Å². The summed E-state index contributed by atoms with van der Waals surface area (Å²) in [6, 6.07) is 0.820. The Morgan fingerprint density at radius 2 is 2.14 bits per heavy atom. The van der Waals surface area contributed by atoms with Gasteiger partial charge in [0.1, 0.15) is 0 Å². The van der Waals surface area contributed by atoms with Crippen LogP contribution in [-0.2, 0) is 0 Å². The zero-order valence-electron chi connectivity index (χ0n) is 9.08. The van der Waals surface area contributed by atoms with E-state index in [1.165, 1.54) is 45.4 Å². The third kappa shape index (κ3) is 2.50. The summed E-state index contributed by atoms with van der Waals surface area (Å²) in [5, 5.41) is 1.16. The normalized spacial score (nSPS) is 35.6. The van der Waals surface area contributed by atoms with Crippen molar-refractivity contribution in [3.63, 3.8) is 0 Å². The largest absolute Gasteiger partial charge is 0.306 e. The summed E-state index contributed by atoms with van der Waals surface area (Å²) in [6.45, 7) is 5.28. The molecule has 2 fully saturated rings. The molecule has 14 heavy (non-hydrogen) atoms. The van der Waals surface area contributed by atoms with E-state index in [2.05, 4.69) is 32.8 Å². The molecule has 2 aliphatic rings. The number of alkyl halides is 1. The van der Waals surface area contributed by atoms with Gasteiger partial charge in [0.25, 0.3) is 0 Å². The summed E-state index contributed by atoms with van der Waals surface area (Å²) in [4.78, 5) is 5.16. The lowest BCUT2D eigenvalue weighted by molar-refractivity contribution is 0.228. The molecular weight excluding hydrogens is 240 g/mol. The van der Waals surface area contributed by atoms with Crippen LogP contribution in [0.2, 0.25) is 0 Å². The minimum Gasteiger partial charge on any atom is -0.306 e. The minimum absolute atomic E-state index is 0.820. The molecule has 0 radical (unpaired) electrons. The monoisotopic (exact) mass is 260 g/mol. The number of rotatable bonds is 3. The van der Waals surface area contributed by atoms with Gasteiger partial charge in [0.05, 0.1) is 0 Å². The van der Waals surface area contributed by atoms with Crippen LogP contribution in [-0.4, -0.2) is 54.4 Å². The molecule has 0 saturated carbocycles. The van der Waals surface area contributed by atoms with Gasteiger partial charge in [0.2, 0.25) is 0 Å². The predicted molar refractivity (Wildman–Crippen MR) is 64.0 cm³/mol. The van der Waals surface area contributed by atoms with Gasteiger partial charge < -0.3 is 4.90 Å². The van der Waals surface area contributed by atoms with Crippen molar-refractivity contribution in [2.45, 2.75) is 25.3 Å². The molecule has 2 rings (SSSR count). The van der Waals surface area contributed by atoms with Crippen LogP contribution in [0.5, 0.6) is 0 Å². The number of hydrogen-bond acceptors (Lipinski definition) is 2. The van der Waals surface area contributed by atoms with E-state index >= 15 is 0 Å². The molecule has 3 heteroatoms. The summed E-state index contributed by atoms with van der Waals surface area (Å²) >= 11 is 3.63. The highest BCUT2D eigenvalue weighted by atomic mass is 79.9. The maximum atomic E-state index is 3.63. The Bertz CT molecular complexity index is 186. The van der Waals surface area contributed by atoms with Gasteiger partial charge in [-0.2, -0.15) is 0 Å². The topological polar surface area (TPSA) is 6.48 Å². The van der Waals surface area contributed by atoms with Crippen LogP contribution in [0.3, 0.4) is 0 Å². The second-order valence-corrected chi connectivity index (χ2v) is 5.51. The fourth-order valence-corrected chi connectivity index (χ4v) is 3.55. The van der Waals surface area contributed by atoms with E-state index in [0.29, 0.717) is 0 Å². The van der Waals surface area contributed by atoms with Gasteiger partial charge in [-0.15, -0.1) is 0 Å². The lowest BCUT2D eigenvalue weighted by Crippen LogP contribution is -2.35. The summed E-state index contributed by atoms with van der Waals surface area (Å²) in [7, 11) is 2.24. The molecule has 2 heterocycles. The van der Waals surface area contributed by atoms with Crippen molar-refractivity contribution in [1.29, 1.82) is 0 Å². The molecule has 0 spiro atoms. The van der Waals surface area contributed by atoms with Crippen molar-refractivity contribution < 1.29 is 0 Å². The van der Waals surface area contributed by atoms with Crippen LogP contribution in [0.25, 0.3) is 0 Å². The van der Waals surface area contributed by atoms with E-state index < -0.39 is 0 Å². The molecule has 0 aromatic rings. The second-order valence-electron chi connectivity index (χ2n) is 4.86. The fraction of sp³-hybridized carbons (Fsp3) is 1.00. The van der Waals surface area contributed by atoms with Gasteiger partial charge in [-0.05, 0) is 45.3 Å². The van der Waals surface area contributed by atoms with Gasteiger partial charge in [-0.3, -0.25) is 4.90 Å². The molecule has 0 aromatic carbocycles. The predicted octanol–water partition coefficient (Wildman–Crippen LogP) is 1.80. The molecule has 0 N–H and O–H groups in total. The Morgan fingerprint density at radius 1 is 1.29 bits per heavy atom. The molecule has 0 aromatic heterocycles. The van der Waals surface area contributed by atoms with Gasteiger partial charge >= 0.3 is 0 Å². The van der Waals surface area contributed by atoms with Gasteiger partial charge in [0, 0.05) is 24.5 Å². The van der Waals surface area contributed by atoms with Crippen molar-refractivity contribution >= 4 is 15.9 Å². The van der Waals surface area contributed by atoms with Crippen LogP contribution in [0.4, 0.5) is 0 Å². The van der Waals surface area contributed by atoms with E-state index in [9.17, 15) is 0 Å². The molecule has 0 amide bonds. The Hall–Kier alpha value is 0.400. The van der Waals surface area contributed by atoms with Crippen LogP contribution in [0.15, 0.2) is 0 Å². The maximum Gasteiger partial charge on any atom is 0.0193 e.